The molecule has 0 aliphatic rings. The fourth-order valence-electron chi connectivity index (χ4n) is 1.66. The van der Waals surface area contributed by atoms with Gasteiger partial charge in [0.05, 0.1) is 12.2 Å². The van der Waals surface area contributed by atoms with E-state index < -0.39 is 29.1 Å². The van der Waals surface area contributed by atoms with Gasteiger partial charge >= 0.3 is 5.97 Å². The molecule has 1 amide bonds. The van der Waals surface area contributed by atoms with Gasteiger partial charge in [-0.1, -0.05) is 0 Å². The van der Waals surface area contributed by atoms with Crippen molar-refractivity contribution in [2.45, 2.75) is 44.9 Å². The molecular weight excluding hydrogens is 308 g/mol. The molecule has 0 spiro atoms. The van der Waals surface area contributed by atoms with Crippen LogP contribution in [0.25, 0.3) is 0 Å². The zero-order valence-electron chi connectivity index (χ0n) is 13.7. The molecule has 23 heavy (non-hydrogen) atoms. The van der Waals surface area contributed by atoms with Crippen LogP contribution in [0.1, 0.15) is 27.7 Å². The molecule has 128 valence electrons. The average molecular weight is 328 g/mol. The van der Waals surface area contributed by atoms with Gasteiger partial charge in [-0.25, -0.2) is 19.4 Å². The maximum Gasteiger partial charge on any atom is 0.340 e. The summed E-state index contributed by atoms with van der Waals surface area (Å²) in [5.41, 5.74) is -3.58. The molecule has 0 aromatic rings. The second-order valence-corrected chi connectivity index (χ2v) is 5.46. The minimum absolute atomic E-state index is 0.130. The summed E-state index contributed by atoms with van der Waals surface area (Å²) in [6.07, 6.45) is -0.336. The van der Waals surface area contributed by atoms with Crippen molar-refractivity contribution in [3.8, 4) is 0 Å². The molecule has 0 fully saturated rings. The van der Waals surface area contributed by atoms with Crippen molar-refractivity contribution < 1.29 is 33.9 Å². The Kier molecular flexibility index (Phi) is 7.52. The minimum Gasteiger partial charge on any atom is -0.479 e. The van der Waals surface area contributed by atoms with Crippen LogP contribution in [0.5, 0.6) is 0 Å². The summed E-state index contributed by atoms with van der Waals surface area (Å²) < 4.78 is 5.46. The molecule has 0 radical (unpaired) electrons. The molecule has 0 saturated carbocycles. The Labute approximate surface area is 133 Å². The molecule has 0 aromatic carbocycles. The summed E-state index contributed by atoms with van der Waals surface area (Å²) in [6.45, 7) is 6.44. The molecule has 0 aromatic heterocycles. The largest absolute Gasteiger partial charge is 0.479 e. The van der Waals surface area contributed by atoms with Gasteiger partial charge in [-0.3, -0.25) is 9.63 Å². The molecule has 9 heteroatoms. The van der Waals surface area contributed by atoms with Crippen LogP contribution in [0.2, 0.25) is 0 Å². The highest BCUT2D eigenvalue weighted by molar-refractivity contribution is 5.95. The van der Waals surface area contributed by atoms with Gasteiger partial charge in [0.1, 0.15) is 5.94 Å². The number of hydroxylamine groups is 2. The molecule has 9 nitrogen and oxygen atoms in total. The molecule has 1 N–H and O–H groups in total. The first-order chi connectivity index (χ1) is 10.6. The standard InChI is InChI=1S/C14H20N2O7/c1-6-22-16(5)11(19)10(23-13(2,3)4)14(7-8-17,12(20)21)15-9-18/h7,10H,6H2,1-5H3,(H,20,21)/t10?,14-/m0/s1. The van der Waals surface area contributed by atoms with Gasteiger partial charge in [0, 0.05) is 13.1 Å². The Morgan fingerprint density at radius 3 is 2.26 bits per heavy atom. The van der Waals surface area contributed by atoms with E-state index in [1.54, 1.807) is 27.7 Å². The topological polar surface area (TPSA) is 123 Å². The molecule has 0 rings (SSSR count). The number of carboxylic acids is 1. The number of carboxylic acid groups (broad SMARTS) is 1. The van der Waals surface area contributed by atoms with Crippen molar-refractivity contribution in [1.82, 2.24) is 5.06 Å². The molecular formula is C14H20N2O7. The molecule has 0 heterocycles. The van der Waals surface area contributed by atoms with Gasteiger partial charge < -0.3 is 9.84 Å². The summed E-state index contributed by atoms with van der Waals surface area (Å²) in [4.78, 5) is 53.7. The van der Waals surface area contributed by atoms with Crippen molar-refractivity contribution in [2.24, 2.45) is 4.99 Å². The number of hydrogen-bond acceptors (Lipinski definition) is 7. The van der Waals surface area contributed by atoms with Crippen LogP contribution in [0.3, 0.4) is 0 Å². The average Bonchev–Trinajstić information content (AvgIpc) is 2.42. The van der Waals surface area contributed by atoms with Gasteiger partial charge in [0.2, 0.25) is 11.6 Å². The molecule has 2 atom stereocenters. The van der Waals surface area contributed by atoms with Crippen LogP contribution in [-0.2, 0) is 28.8 Å². The third kappa shape index (κ3) is 5.43. The Hall–Kier alpha value is -2.31. The van der Waals surface area contributed by atoms with E-state index in [-0.39, 0.29) is 6.61 Å². The molecule has 1 unspecified atom stereocenters. The van der Waals surface area contributed by atoms with Crippen molar-refractivity contribution in [1.29, 1.82) is 0 Å². The molecule has 0 saturated heterocycles. The van der Waals surface area contributed by atoms with E-state index in [4.69, 9.17) is 9.57 Å². The number of aliphatic carboxylic acids is 1. The predicted octanol–water partition coefficient (Wildman–Crippen LogP) is 0.127. The van der Waals surface area contributed by atoms with Gasteiger partial charge in [-0.15, -0.1) is 0 Å². The first-order valence-corrected chi connectivity index (χ1v) is 6.68. The summed E-state index contributed by atoms with van der Waals surface area (Å²) in [5.74, 6) is -1.43. The first kappa shape index (κ1) is 20.7. The van der Waals surface area contributed by atoms with E-state index in [9.17, 15) is 24.3 Å². The second kappa shape index (κ2) is 8.36. The zero-order chi connectivity index (χ0) is 18.3. The third-order valence-corrected chi connectivity index (χ3v) is 2.58. The lowest BCUT2D eigenvalue weighted by Gasteiger charge is -2.35. The second-order valence-electron chi connectivity index (χ2n) is 5.46. The maximum absolute atomic E-state index is 12.5. The first-order valence-electron chi connectivity index (χ1n) is 6.68. The summed E-state index contributed by atoms with van der Waals surface area (Å²) in [7, 11) is 1.24. The molecule has 0 bridgehead atoms. The lowest BCUT2D eigenvalue weighted by molar-refractivity contribution is -0.201. The van der Waals surface area contributed by atoms with Gasteiger partial charge in [0.25, 0.3) is 5.91 Å². The number of nitrogens with zero attached hydrogens (tertiary/aromatic N) is 2. The van der Waals surface area contributed by atoms with Gasteiger partial charge in [-0.05, 0) is 27.7 Å². The van der Waals surface area contributed by atoms with Crippen LogP contribution < -0.4 is 0 Å². The lowest BCUT2D eigenvalue weighted by Crippen LogP contribution is -2.57. The number of rotatable bonds is 8. The number of likely N-dealkylation sites (N-methyl/N-ethyl adjacent to an activating group) is 1. The van der Waals surface area contributed by atoms with Crippen LogP contribution >= 0.6 is 0 Å². The Morgan fingerprint density at radius 1 is 1.35 bits per heavy atom. The van der Waals surface area contributed by atoms with Crippen LogP contribution in [0.15, 0.2) is 11.1 Å². The number of aliphatic imine (C=N–C) groups is 1. The molecule has 0 aliphatic carbocycles. The van der Waals surface area contributed by atoms with Gasteiger partial charge in [0.15, 0.2) is 6.10 Å². The van der Waals surface area contributed by atoms with Crippen LogP contribution in [0, 0.1) is 0 Å². The highest BCUT2D eigenvalue weighted by Crippen LogP contribution is 2.27. The normalized spacial score (nSPS) is 14.7. The van der Waals surface area contributed by atoms with E-state index in [2.05, 4.69) is 4.99 Å². The van der Waals surface area contributed by atoms with Crippen molar-refractivity contribution >= 4 is 23.9 Å². The van der Waals surface area contributed by atoms with Crippen molar-refractivity contribution in [2.75, 3.05) is 13.7 Å². The number of ether oxygens (including phenoxy) is 1. The lowest BCUT2D eigenvalue weighted by atomic mass is 9.91. The SMILES string of the molecule is CCON(C)C(=O)C(OC(C)(C)C)[C@](C=C=O)(N=C=O)C(=O)O. The third-order valence-electron chi connectivity index (χ3n) is 2.58. The van der Waals surface area contributed by atoms with Crippen molar-refractivity contribution in [3.63, 3.8) is 0 Å². The minimum atomic E-state index is -2.60. The monoisotopic (exact) mass is 328 g/mol. The van der Waals surface area contributed by atoms with Gasteiger partial charge in [-0.2, -0.15) is 4.99 Å². The number of isocyanates is 1. The highest BCUT2D eigenvalue weighted by atomic mass is 16.7. The molecule has 0 aliphatic heterocycles. The van der Waals surface area contributed by atoms with E-state index in [1.807, 2.05) is 0 Å². The fraction of sp³-hybridized carbons (Fsp3) is 0.643. The summed E-state index contributed by atoms with van der Waals surface area (Å²) >= 11 is 0. The Morgan fingerprint density at radius 2 is 1.91 bits per heavy atom. The number of amides is 1. The van der Waals surface area contributed by atoms with Crippen LogP contribution in [0.4, 0.5) is 0 Å². The van der Waals surface area contributed by atoms with E-state index in [0.717, 1.165) is 11.1 Å². The predicted molar refractivity (Wildman–Crippen MR) is 77.8 cm³/mol. The van der Waals surface area contributed by atoms with Crippen molar-refractivity contribution in [3.05, 3.63) is 6.08 Å². The maximum atomic E-state index is 12.5. The van der Waals surface area contributed by atoms with E-state index >= 15 is 0 Å². The number of carbonyl (C=O) groups is 2. The quantitative estimate of drug-likeness (QED) is 0.291. The summed E-state index contributed by atoms with van der Waals surface area (Å²) in [5, 5.41) is 10.2. The Balaban J connectivity index is 6.24. The fourth-order valence-corrected chi connectivity index (χ4v) is 1.66. The smallest absolute Gasteiger partial charge is 0.340 e. The Bertz CT molecular complexity index is 516. The zero-order valence-corrected chi connectivity index (χ0v) is 13.7. The van der Waals surface area contributed by atoms with E-state index in [0.29, 0.717) is 6.08 Å². The van der Waals surface area contributed by atoms with Crippen LogP contribution in [-0.4, -0.2) is 65.0 Å². The van der Waals surface area contributed by atoms with E-state index in [1.165, 1.54) is 13.0 Å². The summed E-state index contributed by atoms with van der Waals surface area (Å²) in [6, 6.07) is 0. The highest BCUT2D eigenvalue weighted by Gasteiger charge is 2.53. The number of carbonyl (C=O) groups excluding carboxylic acids is 3. The number of hydrogen-bond donors (Lipinski definition) is 1.